The second-order valence-electron chi connectivity index (χ2n) is 3.19. The molecule has 0 aliphatic heterocycles. The number of nitrogens with two attached hydrogens (primary N) is 1. The van der Waals surface area contributed by atoms with Crippen LogP contribution in [0.4, 0.5) is 5.69 Å². The van der Waals surface area contributed by atoms with E-state index in [1.165, 1.54) is 5.56 Å². The highest BCUT2D eigenvalue weighted by Gasteiger charge is 1.95. The number of nitrogens with one attached hydrogen (secondary N) is 1. The van der Waals surface area contributed by atoms with Crippen LogP contribution in [-0.2, 0) is 11.2 Å². The first-order valence-corrected chi connectivity index (χ1v) is 4.83. The molecule has 0 aliphatic carbocycles. The largest absolute Gasteiger partial charge is 0.385 e. The van der Waals surface area contributed by atoms with Crippen molar-refractivity contribution in [1.82, 2.24) is 0 Å². The van der Waals surface area contributed by atoms with E-state index >= 15 is 0 Å². The molecular formula is C11H16N2O. The number of aryl methyl sites for hydroxylation is 1. The Bertz CT molecular complexity index is 293. The van der Waals surface area contributed by atoms with Crippen molar-refractivity contribution < 1.29 is 4.79 Å². The Morgan fingerprint density at radius 1 is 1.36 bits per heavy atom. The molecule has 76 valence electrons. The fourth-order valence-electron chi connectivity index (χ4n) is 1.19. The molecule has 0 atom stereocenters. The predicted octanol–water partition coefficient (Wildman–Crippen LogP) is 1.54. The molecule has 3 nitrogen and oxygen atoms in total. The van der Waals surface area contributed by atoms with Gasteiger partial charge in [0.2, 0.25) is 5.91 Å². The van der Waals surface area contributed by atoms with Gasteiger partial charge in [-0.15, -0.1) is 0 Å². The SMILES string of the molecule is CCc1ccc(NCCC(N)=O)cc1. The van der Waals surface area contributed by atoms with E-state index in [2.05, 4.69) is 24.4 Å². The summed E-state index contributed by atoms with van der Waals surface area (Å²) in [6, 6.07) is 8.18. The van der Waals surface area contributed by atoms with E-state index in [1.54, 1.807) is 0 Å². The molecular weight excluding hydrogens is 176 g/mol. The minimum Gasteiger partial charge on any atom is -0.385 e. The van der Waals surface area contributed by atoms with E-state index in [1.807, 2.05) is 12.1 Å². The first-order valence-electron chi connectivity index (χ1n) is 4.83. The zero-order valence-electron chi connectivity index (χ0n) is 8.42. The molecule has 0 saturated heterocycles. The zero-order valence-corrected chi connectivity index (χ0v) is 8.42. The van der Waals surface area contributed by atoms with Crippen molar-refractivity contribution in [1.29, 1.82) is 0 Å². The lowest BCUT2D eigenvalue weighted by molar-refractivity contribution is -0.117. The van der Waals surface area contributed by atoms with Crippen molar-refractivity contribution in [2.24, 2.45) is 5.73 Å². The average molecular weight is 192 g/mol. The molecule has 0 aromatic heterocycles. The molecule has 1 aromatic carbocycles. The van der Waals surface area contributed by atoms with Crippen molar-refractivity contribution in [2.45, 2.75) is 19.8 Å². The molecule has 0 aliphatic rings. The second-order valence-corrected chi connectivity index (χ2v) is 3.19. The summed E-state index contributed by atoms with van der Waals surface area (Å²) >= 11 is 0. The number of rotatable bonds is 5. The normalized spacial score (nSPS) is 9.79. The van der Waals surface area contributed by atoms with Gasteiger partial charge in [0, 0.05) is 18.7 Å². The van der Waals surface area contributed by atoms with Crippen molar-refractivity contribution in [3.05, 3.63) is 29.8 Å². The maximum Gasteiger partial charge on any atom is 0.219 e. The Hall–Kier alpha value is -1.51. The number of anilines is 1. The van der Waals surface area contributed by atoms with Gasteiger partial charge in [0.1, 0.15) is 0 Å². The molecule has 0 fully saturated rings. The predicted molar refractivity (Wildman–Crippen MR) is 58.1 cm³/mol. The molecule has 0 spiro atoms. The van der Waals surface area contributed by atoms with E-state index in [0.29, 0.717) is 13.0 Å². The third-order valence-corrected chi connectivity index (χ3v) is 2.06. The van der Waals surface area contributed by atoms with Crippen LogP contribution in [0.15, 0.2) is 24.3 Å². The van der Waals surface area contributed by atoms with Crippen molar-refractivity contribution in [3.63, 3.8) is 0 Å². The fourth-order valence-corrected chi connectivity index (χ4v) is 1.19. The van der Waals surface area contributed by atoms with E-state index in [4.69, 9.17) is 5.73 Å². The number of carbonyl (C=O) groups is 1. The molecule has 0 bridgehead atoms. The Labute approximate surface area is 84.3 Å². The third-order valence-electron chi connectivity index (χ3n) is 2.06. The summed E-state index contributed by atoms with van der Waals surface area (Å²) in [5, 5.41) is 3.13. The van der Waals surface area contributed by atoms with Gasteiger partial charge in [-0.25, -0.2) is 0 Å². The summed E-state index contributed by atoms with van der Waals surface area (Å²) in [5.74, 6) is -0.275. The summed E-state index contributed by atoms with van der Waals surface area (Å²) in [7, 11) is 0. The smallest absolute Gasteiger partial charge is 0.219 e. The monoisotopic (exact) mass is 192 g/mol. The van der Waals surface area contributed by atoms with Gasteiger partial charge in [0.15, 0.2) is 0 Å². The summed E-state index contributed by atoms with van der Waals surface area (Å²) in [6.45, 7) is 2.72. The summed E-state index contributed by atoms with van der Waals surface area (Å²) in [6.07, 6.45) is 1.41. The van der Waals surface area contributed by atoms with Gasteiger partial charge in [-0.2, -0.15) is 0 Å². The van der Waals surface area contributed by atoms with E-state index < -0.39 is 0 Å². The number of hydrogen-bond donors (Lipinski definition) is 2. The maximum absolute atomic E-state index is 10.5. The lowest BCUT2D eigenvalue weighted by atomic mass is 10.1. The highest BCUT2D eigenvalue weighted by atomic mass is 16.1. The quantitative estimate of drug-likeness (QED) is 0.743. The average Bonchev–Trinajstić information content (AvgIpc) is 2.18. The minimum atomic E-state index is -0.275. The topological polar surface area (TPSA) is 55.1 Å². The molecule has 14 heavy (non-hydrogen) atoms. The van der Waals surface area contributed by atoms with Gasteiger partial charge in [-0.3, -0.25) is 4.79 Å². The lowest BCUT2D eigenvalue weighted by Gasteiger charge is -2.05. The minimum absolute atomic E-state index is 0.275. The van der Waals surface area contributed by atoms with Crippen LogP contribution in [0.1, 0.15) is 18.9 Å². The summed E-state index contributed by atoms with van der Waals surface area (Å²) < 4.78 is 0. The highest BCUT2D eigenvalue weighted by molar-refractivity contribution is 5.74. The van der Waals surface area contributed by atoms with E-state index in [0.717, 1.165) is 12.1 Å². The van der Waals surface area contributed by atoms with Crippen molar-refractivity contribution in [2.75, 3.05) is 11.9 Å². The van der Waals surface area contributed by atoms with Crippen LogP contribution in [0, 0.1) is 0 Å². The van der Waals surface area contributed by atoms with Crippen LogP contribution in [0.3, 0.4) is 0 Å². The second kappa shape index (κ2) is 5.27. The Balaban J connectivity index is 2.40. The van der Waals surface area contributed by atoms with Crippen LogP contribution in [0.25, 0.3) is 0 Å². The molecule has 1 amide bonds. The number of amides is 1. The number of carbonyl (C=O) groups excluding carboxylic acids is 1. The van der Waals surface area contributed by atoms with Crippen LogP contribution in [-0.4, -0.2) is 12.5 Å². The number of primary amides is 1. The lowest BCUT2D eigenvalue weighted by Crippen LogP contribution is -2.15. The Kier molecular flexibility index (Phi) is 3.98. The van der Waals surface area contributed by atoms with Crippen molar-refractivity contribution in [3.8, 4) is 0 Å². The fraction of sp³-hybridized carbons (Fsp3) is 0.364. The molecule has 1 aromatic rings. The van der Waals surface area contributed by atoms with Gasteiger partial charge in [0.25, 0.3) is 0 Å². The van der Waals surface area contributed by atoms with Crippen molar-refractivity contribution >= 4 is 11.6 Å². The van der Waals surface area contributed by atoms with Gasteiger partial charge in [-0.1, -0.05) is 19.1 Å². The van der Waals surface area contributed by atoms with Crippen LogP contribution >= 0.6 is 0 Å². The van der Waals surface area contributed by atoms with Gasteiger partial charge in [0.05, 0.1) is 0 Å². The van der Waals surface area contributed by atoms with Crippen LogP contribution < -0.4 is 11.1 Å². The maximum atomic E-state index is 10.5. The molecule has 0 saturated carbocycles. The van der Waals surface area contributed by atoms with Crippen LogP contribution in [0.2, 0.25) is 0 Å². The van der Waals surface area contributed by atoms with Gasteiger partial charge < -0.3 is 11.1 Å². The number of hydrogen-bond acceptors (Lipinski definition) is 2. The first-order chi connectivity index (χ1) is 6.72. The third kappa shape index (κ3) is 3.47. The highest BCUT2D eigenvalue weighted by Crippen LogP contribution is 2.09. The molecule has 0 heterocycles. The van der Waals surface area contributed by atoms with Gasteiger partial charge in [-0.05, 0) is 24.1 Å². The first kappa shape index (κ1) is 10.6. The molecule has 3 heteroatoms. The zero-order chi connectivity index (χ0) is 10.4. The molecule has 0 unspecified atom stereocenters. The Morgan fingerprint density at radius 3 is 2.50 bits per heavy atom. The van der Waals surface area contributed by atoms with Gasteiger partial charge >= 0.3 is 0 Å². The Morgan fingerprint density at radius 2 is 2.00 bits per heavy atom. The summed E-state index contributed by atoms with van der Waals surface area (Å²) in [4.78, 5) is 10.5. The molecule has 0 radical (unpaired) electrons. The summed E-state index contributed by atoms with van der Waals surface area (Å²) in [5.41, 5.74) is 7.36. The van der Waals surface area contributed by atoms with E-state index in [9.17, 15) is 4.79 Å². The van der Waals surface area contributed by atoms with E-state index in [-0.39, 0.29) is 5.91 Å². The molecule has 3 N–H and O–H groups in total. The van der Waals surface area contributed by atoms with Crippen LogP contribution in [0.5, 0.6) is 0 Å². The number of benzene rings is 1. The standard InChI is InChI=1S/C11H16N2O/c1-2-9-3-5-10(6-4-9)13-8-7-11(12)14/h3-6,13H,2,7-8H2,1H3,(H2,12,14). The molecule has 1 rings (SSSR count).